The van der Waals surface area contributed by atoms with Crippen molar-refractivity contribution in [2.45, 2.75) is 19.9 Å². The number of amides is 1. The van der Waals surface area contributed by atoms with Gasteiger partial charge in [-0.1, -0.05) is 28.1 Å². The molecule has 1 saturated heterocycles. The highest BCUT2D eigenvalue weighted by Gasteiger charge is 2.38. The molecule has 1 fully saturated rings. The predicted octanol–water partition coefficient (Wildman–Crippen LogP) is 2.83. The third-order valence-corrected chi connectivity index (χ3v) is 4.03. The smallest absolute Gasteiger partial charge is 0.229 e. The lowest BCUT2D eigenvalue weighted by Gasteiger charge is -2.28. The summed E-state index contributed by atoms with van der Waals surface area (Å²) < 4.78 is 1.05. The van der Waals surface area contributed by atoms with Crippen molar-refractivity contribution in [3.63, 3.8) is 0 Å². The van der Waals surface area contributed by atoms with Crippen LogP contribution in [0.4, 0.5) is 0 Å². The van der Waals surface area contributed by atoms with Gasteiger partial charge in [0.15, 0.2) is 0 Å². The Labute approximate surface area is 129 Å². The van der Waals surface area contributed by atoms with E-state index in [0.29, 0.717) is 6.54 Å². The highest BCUT2D eigenvalue weighted by Crippen LogP contribution is 2.27. The number of nitrogens with zero attached hydrogens (tertiary/aromatic N) is 1. The van der Waals surface area contributed by atoms with Gasteiger partial charge in [0.05, 0.1) is 5.41 Å². The third-order valence-electron chi connectivity index (χ3n) is 3.54. The van der Waals surface area contributed by atoms with E-state index in [1.165, 1.54) is 0 Å². The maximum atomic E-state index is 12.4. The third kappa shape index (κ3) is 3.94. The minimum atomic E-state index is -0.235. The number of rotatable bonds is 3. The molecule has 1 aliphatic rings. The van der Waals surface area contributed by atoms with Gasteiger partial charge in [-0.2, -0.15) is 0 Å². The van der Waals surface area contributed by atoms with E-state index in [1.807, 2.05) is 37.1 Å². The van der Waals surface area contributed by atoms with Crippen LogP contribution in [0.3, 0.4) is 0 Å². The van der Waals surface area contributed by atoms with Gasteiger partial charge in [0.1, 0.15) is 0 Å². The summed E-state index contributed by atoms with van der Waals surface area (Å²) in [6.07, 6.45) is 0.925. The van der Waals surface area contributed by atoms with Crippen molar-refractivity contribution in [3.05, 3.63) is 34.3 Å². The lowest BCUT2D eigenvalue weighted by Crippen LogP contribution is -2.41. The number of carbonyl (C=O) groups is 1. The molecule has 0 bridgehead atoms. The zero-order valence-electron chi connectivity index (χ0n) is 11.3. The first-order chi connectivity index (χ1) is 8.51. The number of carbonyl (C=O) groups excluding carboxylic acids is 1. The maximum absolute atomic E-state index is 12.4. The van der Waals surface area contributed by atoms with E-state index in [1.54, 1.807) is 0 Å². The topological polar surface area (TPSA) is 32.3 Å². The van der Waals surface area contributed by atoms with Crippen molar-refractivity contribution in [1.82, 2.24) is 10.2 Å². The maximum Gasteiger partial charge on any atom is 0.229 e. The second-order valence-electron chi connectivity index (χ2n) is 5.28. The Hall–Kier alpha value is -0.580. The number of hydrogen-bond donors (Lipinski definition) is 1. The quantitative estimate of drug-likeness (QED) is 0.912. The molecule has 2 rings (SSSR count). The molecular formula is C14H20BrClN2O. The molecule has 0 spiro atoms. The molecule has 0 aromatic heterocycles. The van der Waals surface area contributed by atoms with Gasteiger partial charge in [-0.3, -0.25) is 4.79 Å². The van der Waals surface area contributed by atoms with Crippen LogP contribution in [0.15, 0.2) is 28.7 Å². The first kappa shape index (κ1) is 16.5. The Morgan fingerprint density at radius 3 is 2.84 bits per heavy atom. The summed E-state index contributed by atoms with van der Waals surface area (Å²) in [6, 6.07) is 8.09. The summed E-state index contributed by atoms with van der Waals surface area (Å²) in [7, 11) is 1.88. The van der Waals surface area contributed by atoms with Crippen molar-refractivity contribution in [3.8, 4) is 0 Å². The fourth-order valence-corrected chi connectivity index (χ4v) is 2.89. The van der Waals surface area contributed by atoms with Crippen molar-refractivity contribution >= 4 is 34.2 Å². The largest absolute Gasteiger partial charge is 0.341 e. The van der Waals surface area contributed by atoms with E-state index >= 15 is 0 Å². The van der Waals surface area contributed by atoms with Crippen molar-refractivity contribution in [2.75, 3.05) is 20.1 Å². The van der Waals surface area contributed by atoms with Gasteiger partial charge in [0.2, 0.25) is 5.91 Å². The Balaban J connectivity index is 0.00000180. The van der Waals surface area contributed by atoms with E-state index in [4.69, 9.17) is 0 Å². The van der Waals surface area contributed by atoms with Gasteiger partial charge in [-0.15, -0.1) is 12.4 Å². The first-order valence-corrected chi connectivity index (χ1v) is 7.01. The molecule has 1 aromatic rings. The summed E-state index contributed by atoms with van der Waals surface area (Å²) in [6.45, 7) is 4.43. The van der Waals surface area contributed by atoms with Gasteiger partial charge < -0.3 is 10.2 Å². The van der Waals surface area contributed by atoms with Crippen LogP contribution in [0.2, 0.25) is 0 Å². The first-order valence-electron chi connectivity index (χ1n) is 6.22. The van der Waals surface area contributed by atoms with Crippen LogP contribution in [0.1, 0.15) is 18.9 Å². The highest BCUT2D eigenvalue weighted by atomic mass is 79.9. The fourth-order valence-electron chi connectivity index (χ4n) is 2.44. The molecule has 106 valence electrons. The lowest BCUT2D eigenvalue weighted by molar-refractivity contribution is -0.139. The molecule has 5 heteroatoms. The normalized spacial score (nSPS) is 21.8. The number of halogens is 2. The molecule has 1 aromatic carbocycles. The van der Waals surface area contributed by atoms with Crippen LogP contribution < -0.4 is 5.32 Å². The molecule has 1 amide bonds. The van der Waals surface area contributed by atoms with Gasteiger partial charge in [-0.25, -0.2) is 0 Å². The van der Waals surface area contributed by atoms with Crippen LogP contribution in [0.25, 0.3) is 0 Å². The van der Waals surface area contributed by atoms with E-state index in [-0.39, 0.29) is 23.7 Å². The van der Waals surface area contributed by atoms with Crippen molar-refractivity contribution < 1.29 is 4.79 Å². The van der Waals surface area contributed by atoms with Gasteiger partial charge >= 0.3 is 0 Å². The van der Waals surface area contributed by atoms with Crippen molar-refractivity contribution in [1.29, 1.82) is 0 Å². The van der Waals surface area contributed by atoms with E-state index in [0.717, 1.165) is 29.5 Å². The minimum Gasteiger partial charge on any atom is -0.341 e. The SMILES string of the molecule is CN(Cc1cccc(Br)c1)C(=O)C1(C)CCNC1.Cl. The van der Waals surface area contributed by atoms with Crippen LogP contribution >= 0.6 is 28.3 Å². The standard InChI is InChI=1S/C14H19BrN2O.ClH/c1-14(6-7-16-10-14)13(18)17(2)9-11-4-3-5-12(15)8-11;/h3-5,8,16H,6-7,9-10H2,1-2H3;1H. The van der Waals surface area contributed by atoms with Gasteiger partial charge in [0, 0.05) is 24.6 Å². The monoisotopic (exact) mass is 346 g/mol. The summed E-state index contributed by atoms with van der Waals surface area (Å²) >= 11 is 3.45. The molecule has 1 unspecified atom stereocenters. The molecular weight excluding hydrogens is 328 g/mol. The Kier molecular flexibility index (Phi) is 5.83. The second-order valence-corrected chi connectivity index (χ2v) is 6.19. The molecule has 3 nitrogen and oxygen atoms in total. The van der Waals surface area contributed by atoms with Crippen LogP contribution in [0, 0.1) is 5.41 Å². The Morgan fingerprint density at radius 1 is 1.53 bits per heavy atom. The second kappa shape index (κ2) is 6.73. The number of hydrogen-bond acceptors (Lipinski definition) is 2. The zero-order valence-corrected chi connectivity index (χ0v) is 13.7. The van der Waals surface area contributed by atoms with Crippen LogP contribution in [-0.2, 0) is 11.3 Å². The molecule has 1 aliphatic heterocycles. The Morgan fingerprint density at radius 2 is 2.26 bits per heavy atom. The zero-order chi connectivity index (χ0) is 13.2. The number of nitrogens with one attached hydrogen (secondary N) is 1. The molecule has 1 N–H and O–H groups in total. The fraction of sp³-hybridized carbons (Fsp3) is 0.500. The summed E-state index contributed by atoms with van der Waals surface area (Å²) in [4.78, 5) is 14.3. The average molecular weight is 348 g/mol. The summed E-state index contributed by atoms with van der Waals surface area (Å²) in [5.74, 6) is 0.229. The molecule has 1 heterocycles. The molecule has 0 saturated carbocycles. The Bertz CT molecular complexity index is 447. The van der Waals surface area contributed by atoms with Gasteiger partial charge in [-0.05, 0) is 37.6 Å². The molecule has 0 aliphatic carbocycles. The molecule has 1 atom stereocenters. The van der Waals surface area contributed by atoms with Crippen LogP contribution in [-0.4, -0.2) is 30.9 Å². The van der Waals surface area contributed by atoms with E-state index in [2.05, 4.69) is 27.3 Å². The molecule has 0 radical (unpaired) electrons. The predicted molar refractivity (Wildman–Crippen MR) is 83.5 cm³/mol. The average Bonchev–Trinajstić information content (AvgIpc) is 2.76. The van der Waals surface area contributed by atoms with Crippen molar-refractivity contribution in [2.24, 2.45) is 5.41 Å². The van der Waals surface area contributed by atoms with E-state index in [9.17, 15) is 4.79 Å². The van der Waals surface area contributed by atoms with Crippen LogP contribution in [0.5, 0.6) is 0 Å². The molecule has 19 heavy (non-hydrogen) atoms. The summed E-state index contributed by atoms with van der Waals surface area (Å²) in [5.41, 5.74) is 0.913. The number of benzene rings is 1. The lowest BCUT2D eigenvalue weighted by atomic mass is 9.88. The van der Waals surface area contributed by atoms with Gasteiger partial charge in [0.25, 0.3) is 0 Å². The van der Waals surface area contributed by atoms with E-state index < -0.39 is 0 Å². The minimum absolute atomic E-state index is 0. The highest BCUT2D eigenvalue weighted by molar-refractivity contribution is 9.10. The summed E-state index contributed by atoms with van der Waals surface area (Å²) in [5, 5.41) is 3.27.